The van der Waals surface area contributed by atoms with E-state index < -0.39 is 0 Å². The van der Waals surface area contributed by atoms with Gasteiger partial charge in [-0.05, 0) is 13.0 Å². The molecule has 0 saturated heterocycles. The average Bonchev–Trinajstić information content (AvgIpc) is 2.65. The Labute approximate surface area is 95.2 Å². The number of aryl methyl sites for hydroxylation is 1. The minimum Gasteiger partial charge on any atom is -0.469 e. The molecule has 0 aliphatic heterocycles. The molecule has 0 aromatic carbocycles. The molecule has 1 N–H and O–H groups in total. The van der Waals surface area contributed by atoms with E-state index in [1.54, 1.807) is 0 Å². The molecule has 1 aromatic heterocycles. The van der Waals surface area contributed by atoms with E-state index in [9.17, 15) is 0 Å². The first-order valence-electron chi connectivity index (χ1n) is 5.41. The second-order valence-electron chi connectivity index (χ2n) is 3.64. The summed E-state index contributed by atoms with van der Waals surface area (Å²) in [6.45, 7) is 8.01. The molecule has 0 atom stereocenters. The van der Waals surface area contributed by atoms with Crippen molar-refractivity contribution in [3.63, 3.8) is 0 Å². The lowest BCUT2D eigenvalue weighted by molar-refractivity contribution is 0.304. The number of nitrogens with zero attached hydrogens (tertiary/aromatic N) is 2. The van der Waals surface area contributed by atoms with E-state index in [4.69, 9.17) is 4.74 Å². The van der Waals surface area contributed by atoms with Crippen molar-refractivity contribution in [2.24, 2.45) is 0 Å². The van der Waals surface area contributed by atoms with E-state index in [1.807, 2.05) is 6.92 Å². The Bertz CT molecular complexity index is 275. The summed E-state index contributed by atoms with van der Waals surface area (Å²) in [7, 11) is 0. The molecular formula is C10H19N3OS. The smallest absolute Gasteiger partial charge is 0.293 e. The van der Waals surface area contributed by atoms with Gasteiger partial charge in [0.1, 0.15) is 5.82 Å². The summed E-state index contributed by atoms with van der Waals surface area (Å²) in [6.07, 6.45) is 1.87. The first kappa shape index (κ1) is 12.4. The summed E-state index contributed by atoms with van der Waals surface area (Å²) in [5.41, 5.74) is 0. The normalized spacial score (nSPS) is 10.9. The van der Waals surface area contributed by atoms with E-state index >= 15 is 0 Å². The van der Waals surface area contributed by atoms with E-state index in [0.29, 0.717) is 17.8 Å². The highest BCUT2D eigenvalue weighted by Crippen LogP contribution is 2.13. The zero-order valence-electron chi connectivity index (χ0n) is 9.62. The van der Waals surface area contributed by atoms with Gasteiger partial charge in [-0.15, -0.1) is 0 Å². The molecule has 4 nitrogen and oxygen atoms in total. The van der Waals surface area contributed by atoms with Crippen molar-refractivity contribution in [3.05, 3.63) is 5.82 Å². The molecule has 5 heteroatoms. The lowest BCUT2D eigenvalue weighted by Crippen LogP contribution is -2.24. The van der Waals surface area contributed by atoms with Crippen LogP contribution in [0.4, 0.5) is 0 Å². The predicted octanol–water partition coefficient (Wildman–Crippen LogP) is 1.87. The highest BCUT2D eigenvalue weighted by atomic mass is 32.1. The summed E-state index contributed by atoms with van der Waals surface area (Å²) in [6, 6.07) is 0.540. The number of aromatic nitrogens is 2. The van der Waals surface area contributed by atoms with Gasteiger partial charge < -0.3 is 10.1 Å². The van der Waals surface area contributed by atoms with Gasteiger partial charge in [0.2, 0.25) is 0 Å². The van der Waals surface area contributed by atoms with Crippen LogP contribution in [-0.4, -0.2) is 28.6 Å². The minimum atomic E-state index is 0.540. The van der Waals surface area contributed by atoms with Gasteiger partial charge in [0, 0.05) is 24.0 Å². The Morgan fingerprint density at radius 2 is 2.27 bits per heavy atom. The summed E-state index contributed by atoms with van der Waals surface area (Å²) < 4.78 is 9.63. The predicted molar refractivity (Wildman–Crippen MR) is 62.5 cm³/mol. The summed E-state index contributed by atoms with van der Waals surface area (Å²) in [5, 5.41) is 4.03. The SMILES string of the molecule is CCc1nsc(OCCCNC(C)C)n1. The van der Waals surface area contributed by atoms with Gasteiger partial charge in [-0.1, -0.05) is 20.8 Å². The summed E-state index contributed by atoms with van der Waals surface area (Å²) >= 11 is 1.33. The minimum absolute atomic E-state index is 0.540. The van der Waals surface area contributed by atoms with Crippen LogP contribution in [0.3, 0.4) is 0 Å². The number of hydrogen-bond acceptors (Lipinski definition) is 5. The summed E-state index contributed by atoms with van der Waals surface area (Å²) in [4.78, 5) is 4.23. The van der Waals surface area contributed by atoms with Crippen molar-refractivity contribution in [1.29, 1.82) is 0 Å². The molecule has 0 aliphatic rings. The van der Waals surface area contributed by atoms with Gasteiger partial charge >= 0.3 is 0 Å². The van der Waals surface area contributed by atoms with Crippen LogP contribution in [0.2, 0.25) is 0 Å². The maximum Gasteiger partial charge on any atom is 0.293 e. The molecule has 0 bridgehead atoms. The highest BCUT2D eigenvalue weighted by molar-refractivity contribution is 7.07. The maximum absolute atomic E-state index is 5.48. The quantitative estimate of drug-likeness (QED) is 0.725. The van der Waals surface area contributed by atoms with Crippen LogP contribution in [0, 0.1) is 0 Å². The molecule has 0 unspecified atom stereocenters. The lowest BCUT2D eigenvalue weighted by Gasteiger charge is -2.07. The summed E-state index contributed by atoms with van der Waals surface area (Å²) in [5.74, 6) is 0.871. The van der Waals surface area contributed by atoms with Crippen molar-refractivity contribution >= 4 is 11.5 Å². The van der Waals surface area contributed by atoms with E-state index in [-0.39, 0.29) is 0 Å². The highest BCUT2D eigenvalue weighted by Gasteiger charge is 2.02. The third kappa shape index (κ3) is 5.09. The van der Waals surface area contributed by atoms with Crippen LogP contribution < -0.4 is 10.1 Å². The largest absolute Gasteiger partial charge is 0.469 e. The molecule has 15 heavy (non-hydrogen) atoms. The molecule has 1 aromatic rings. The standard InChI is InChI=1S/C10H19N3OS/c1-4-9-12-10(15-13-9)14-7-5-6-11-8(2)3/h8,11H,4-7H2,1-3H3. The Morgan fingerprint density at radius 3 is 2.87 bits per heavy atom. The fourth-order valence-electron chi connectivity index (χ4n) is 1.06. The topological polar surface area (TPSA) is 47.0 Å². The molecule has 86 valence electrons. The van der Waals surface area contributed by atoms with Crippen LogP contribution in [0.1, 0.15) is 33.0 Å². The van der Waals surface area contributed by atoms with Crippen molar-refractivity contribution < 1.29 is 4.74 Å². The first-order chi connectivity index (χ1) is 7.22. The Kier molecular flexibility index (Phi) is 5.57. The second-order valence-corrected chi connectivity index (χ2v) is 4.36. The van der Waals surface area contributed by atoms with Gasteiger partial charge in [0.05, 0.1) is 6.61 Å². The monoisotopic (exact) mass is 229 g/mol. The molecule has 0 saturated carbocycles. The van der Waals surface area contributed by atoms with Crippen molar-refractivity contribution in [1.82, 2.24) is 14.7 Å². The fourth-order valence-corrected chi connectivity index (χ4v) is 1.70. The Hall–Kier alpha value is -0.680. The van der Waals surface area contributed by atoms with E-state index in [2.05, 4.69) is 28.5 Å². The maximum atomic E-state index is 5.48. The number of ether oxygens (including phenoxy) is 1. The van der Waals surface area contributed by atoms with Gasteiger partial charge in [-0.2, -0.15) is 9.36 Å². The lowest BCUT2D eigenvalue weighted by atomic mass is 10.3. The van der Waals surface area contributed by atoms with Gasteiger partial charge in [-0.25, -0.2) is 0 Å². The zero-order valence-corrected chi connectivity index (χ0v) is 10.4. The van der Waals surface area contributed by atoms with Gasteiger partial charge in [0.25, 0.3) is 5.19 Å². The fraction of sp³-hybridized carbons (Fsp3) is 0.800. The molecule has 0 fully saturated rings. The van der Waals surface area contributed by atoms with Gasteiger partial charge in [0.15, 0.2) is 0 Å². The molecule has 0 radical (unpaired) electrons. The first-order valence-corrected chi connectivity index (χ1v) is 6.18. The molecule has 0 aliphatic carbocycles. The molecule has 0 amide bonds. The van der Waals surface area contributed by atoms with Crippen LogP contribution in [-0.2, 0) is 6.42 Å². The number of rotatable bonds is 7. The number of nitrogens with one attached hydrogen (secondary N) is 1. The van der Waals surface area contributed by atoms with Crippen LogP contribution in [0.5, 0.6) is 5.19 Å². The van der Waals surface area contributed by atoms with Crippen LogP contribution >= 0.6 is 11.5 Å². The Balaban J connectivity index is 2.09. The molecular weight excluding hydrogens is 210 g/mol. The van der Waals surface area contributed by atoms with Gasteiger partial charge in [-0.3, -0.25) is 0 Å². The van der Waals surface area contributed by atoms with Crippen LogP contribution in [0.25, 0.3) is 0 Å². The molecule has 0 spiro atoms. The van der Waals surface area contributed by atoms with Crippen molar-refractivity contribution in [2.45, 2.75) is 39.7 Å². The van der Waals surface area contributed by atoms with Crippen LogP contribution in [0.15, 0.2) is 0 Å². The third-order valence-electron chi connectivity index (χ3n) is 1.86. The second kappa shape index (κ2) is 6.74. The van der Waals surface area contributed by atoms with E-state index in [1.165, 1.54) is 11.5 Å². The molecule has 1 heterocycles. The average molecular weight is 229 g/mol. The Morgan fingerprint density at radius 1 is 1.47 bits per heavy atom. The third-order valence-corrected chi connectivity index (χ3v) is 2.53. The number of hydrogen-bond donors (Lipinski definition) is 1. The molecule has 1 rings (SSSR count). The zero-order chi connectivity index (χ0) is 11.1. The van der Waals surface area contributed by atoms with Crippen molar-refractivity contribution in [3.8, 4) is 5.19 Å². The van der Waals surface area contributed by atoms with E-state index in [0.717, 1.165) is 25.2 Å². The van der Waals surface area contributed by atoms with Crippen molar-refractivity contribution in [2.75, 3.05) is 13.2 Å².